The van der Waals surface area contributed by atoms with Crippen molar-refractivity contribution < 1.29 is 4.79 Å². The van der Waals surface area contributed by atoms with Crippen molar-refractivity contribution in [3.05, 3.63) is 37.0 Å². The molecule has 78 valence electrons. The first-order valence-corrected chi connectivity index (χ1v) is 4.72. The van der Waals surface area contributed by atoms with E-state index in [1.54, 1.807) is 24.1 Å². The van der Waals surface area contributed by atoms with Crippen molar-refractivity contribution in [1.29, 1.82) is 0 Å². The van der Waals surface area contributed by atoms with Gasteiger partial charge in [-0.1, -0.05) is 45.2 Å². The summed E-state index contributed by atoms with van der Waals surface area (Å²) in [7, 11) is 1.79. The van der Waals surface area contributed by atoms with Crippen LogP contribution >= 0.6 is 0 Å². The average Bonchev–Trinajstić information content (AvgIpc) is 2.15. The van der Waals surface area contributed by atoms with Crippen molar-refractivity contribution in [3.8, 4) is 0 Å². The summed E-state index contributed by atoms with van der Waals surface area (Å²) in [6, 6.07) is 0. The van der Waals surface area contributed by atoms with Crippen LogP contribution in [-0.2, 0) is 4.79 Å². The molecule has 0 spiro atoms. The summed E-state index contributed by atoms with van der Waals surface area (Å²) in [6.07, 6.45) is 5.30. The van der Waals surface area contributed by atoms with Gasteiger partial charge in [0.15, 0.2) is 0 Å². The van der Waals surface area contributed by atoms with Crippen molar-refractivity contribution in [2.45, 2.75) is 13.8 Å². The van der Waals surface area contributed by atoms with Crippen LogP contribution in [0.4, 0.5) is 0 Å². The third-order valence-electron chi connectivity index (χ3n) is 1.88. The van der Waals surface area contributed by atoms with Crippen molar-refractivity contribution in [2.75, 3.05) is 13.6 Å². The summed E-state index contributed by atoms with van der Waals surface area (Å²) < 4.78 is 0. The molecule has 0 aliphatic heterocycles. The monoisotopic (exact) mass is 193 g/mol. The number of allylic oxidation sites excluding steroid dienone is 2. The predicted octanol–water partition coefficient (Wildman–Crippen LogP) is 2.40. The molecule has 0 N–H and O–H groups in total. The summed E-state index contributed by atoms with van der Waals surface area (Å²) in [5.41, 5.74) is 0.997. The third kappa shape index (κ3) is 4.08. The van der Waals surface area contributed by atoms with Crippen LogP contribution in [-0.4, -0.2) is 24.4 Å². The Hall–Kier alpha value is -1.31. The van der Waals surface area contributed by atoms with Crippen LogP contribution in [0, 0.1) is 5.92 Å². The summed E-state index contributed by atoms with van der Waals surface area (Å²) in [5, 5.41) is 0. The standard InChI is InChI=1S/C12H19NO/c1-6-8-11(7-2)9-13(5)12(14)10(3)4/h6-8,10H,1-2,9H2,3-5H3/b11-8+. The van der Waals surface area contributed by atoms with Crippen LogP contribution in [0.3, 0.4) is 0 Å². The zero-order valence-electron chi connectivity index (χ0n) is 9.29. The van der Waals surface area contributed by atoms with E-state index in [1.165, 1.54) is 0 Å². The number of hydrogen-bond donors (Lipinski definition) is 0. The number of rotatable bonds is 5. The molecule has 0 aromatic carbocycles. The molecule has 2 nitrogen and oxygen atoms in total. The molecule has 0 rings (SSSR count). The molecule has 0 heterocycles. The van der Waals surface area contributed by atoms with Crippen LogP contribution in [0.15, 0.2) is 37.0 Å². The topological polar surface area (TPSA) is 20.3 Å². The van der Waals surface area contributed by atoms with Crippen LogP contribution < -0.4 is 0 Å². The van der Waals surface area contributed by atoms with E-state index >= 15 is 0 Å². The van der Waals surface area contributed by atoms with Gasteiger partial charge in [-0.2, -0.15) is 0 Å². The SMILES string of the molecule is C=C/C=C(\C=C)CN(C)C(=O)C(C)C. The Bertz CT molecular complexity index is 251. The van der Waals surface area contributed by atoms with Gasteiger partial charge in [0, 0.05) is 19.5 Å². The van der Waals surface area contributed by atoms with E-state index in [0.717, 1.165) is 5.57 Å². The Morgan fingerprint density at radius 2 is 2.00 bits per heavy atom. The van der Waals surface area contributed by atoms with Crippen LogP contribution in [0.25, 0.3) is 0 Å². The molecule has 0 aliphatic rings. The highest BCUT2D eigenvalue weighted by atomic mass is 16.2. The number of carbonyl (C=O) groups is 1. The summed E-state index contributed by atoms with van der Waals surface area (Å²) in [6.45, 7) is 11.7. The molecule has 1 amide bonds. The molecule has 2 heteroatoms. The van der Waals surface area contributed by atoms with E-state index in [-0.39, 0.29) is 11.8 Å². The fourth-order valence-corrected chi connectivity index (χ4v) is 1.13. The minimum absolute atomic E-state index is 0.0368. The second kappa shape index (κ2) is 6.19. The number of amides is 1. The highest BCUT2D eigenvalue weighted by Crippen LogP contribution is 2.04. The first kappa shape index (κ1) is 12.7. The van der Waals surface area contributed by atoms with Gasteiger partial charge in [-0.15, -0.1) is 0 Å². The minimum Gasteiger partial charge on any atom is -0.341 e. The maximum absolute atomic E-state index is 11.5. The Kier molecular flexibility index (Phi) is 5.61. The van der Waals surface area contributed by atoms with E-state index in [4.69, 9.17) is 0 Å². The van der Waals surface area contributed by atoms with E-state index < -0.39 is 0 Å². The lowest BCUT2D eigenvalue weighted by Crippen LogP contribution is -2.31. The lowest BCUT2D eigenvalue weighted by atomic mass is 10.1. The Morgan fingerprint density at radius 3 is 2.36 bits per heavy atom. The molecule has 0 aromatic rings. The maximum atomic E-state index is 11.5. The summed E-state index contributed by atoms with van der Waals surface area (Å²) >= 11 is 0. The molecule has 0 aliphatic carbocycles. The number of carbonyl (C=O) groups excluding carboxylic acids is 1. The molecule has 0 atom stereocenters. The molecule has 0 saturated heterocycles. The van der Waals surface area contributed by atoms with Crippen LogP contribution in [0.2, 0.25) is 0 Å². The molecule has 0 fully saturated rings. The largest absolute Gasteiger partial charge is 0.341 e. The summed E-state index contributed by atoms with van der Waals surface area (Å²) in [4.78, 5) is 13.2. The molecule has 0 aromatic heterocycles. The van der Waals surface area contributed by atoms with Crippen molar-refractivity contribution in [3.63, 3.8) is 0 Å². The molecule has 0 saturated carbocycles. The van der Waals surface area contributed by atoms with Gasteiger partial charge in [-0.25, -0.2) is 0 Å². The van der Waals surface area contributed by atoms with Gasteiger partial charge in [0.05, 0.1) is 0 Å². The fourth-order valence-electron chi connectivity index (χ4n) is 1.13. The van der Waals surface area contributed by atoms with Gasteiger partial charge in [-0.05, 0) is 5.57 Å². The van der Waals surface area contributed by atoms with E-state index in [9.17, 15) is 4.79 Å². The van der Waals surface area contributed by atoms with Gasteiger partial charge in [0.2, 0.25) is 5.91 Å². The zero-order valence-corrected chi connectivity index (χ0v) is 9.29. The number of hydrogen-bond acceptors (Lipinski definition) is 1. The molecule has 0 bridgehead atoms. The highest BCUT2D eigenvalue weighted by molar-refractivity contribution is 5.78. The lowest BCUT2D eigenvalue weighted by Gasteiger charge is -2.19. The molecule has 0 unspecified atom stereocenters. The quantitative estimate of drug-likeness (QED) is 0.614. The molecular formula is C12H19NO. The Labute approximate surface area is 86.6 Å². The van der Waals surface area contributed by atoms with Crippen molar-refractivity contribution in [1.82, 2.24) is 4.90 Å². The molecular weight excluding hydrogens is 174 g/mol. The van der Waals surface area contributed by atoms with Crippen molar-refractivity contribution in [2.24, 2.45) is 5.92 Å². The first-order chi connectivity index (χ1) is 6.52. The third-order valence-corrected chi connectivity index (χ3v) is 1.88. The van der Waals surface area contributed by atoms with Crippen LogP contribution in [0.5, 0.6) is 0 Å². The Balaban J connectivity index is 4.36. The van der Waals surface area contributed by atoms with Gasteiger partial charge in [0.1, 0.15) is 0 Å². The second-order valence-corrected chi connectivity index (χ2v) is 3.53. The van der Waals surface area contributed by atoms with Gasteiger partial charge < -0.3 is 4.90 Å². The summed E-state index contributed by atoms with van der Waals surface area (Å²) in [5.74, 6) is 0.177. The normalized spacial score (nSPS) is 11.3. The number of likely N-dealkylation sites (N-methyl/N-ethyl adjacent to an activating group) is 1. The Morgan fingerprint density at radius 1 is 1.43 bits per heavy atom. The fraction of sp³-hybridized carbons (Fsp3) is 0.417. The van der Waals surface area contributed by atoms with E-state index in [1.807, 2.05) is 19.9 Å². The smallest absolute Gasteiger partial charge is 0.225 e. The lowest BCUT2D eigenvalue weighted by molar-refractivity contribution is -0.132. The van der Waals surface area contributed by atoms with Gasteiger partial charge >= 0.3 is 0 Å². The molecule has 14 heavy (non-hydrogen) atoms. The van der Waals surface area contributed by atoms with E-state index in [0.29, 0.717) is 6.54 Å². The zero-order chi connectivity index (χ0) is 11.1. The van der Waals surface area contributed by atoms with Gasteiger partial charge in [-0.3, -0.25) is 4.79 Å². The second-order valence-electron chi connectivity index (χ2n) is 3.53. The molecule has 0 radical (unpaired) electrons. The van der Waals surface area contributed by atoms with Gasteiger partial charge in [0.25, 0.3) is 0 Å². The average molecular weight is 193 g/mol. The predicted molar refractivity (Wildman–Crippen MR) is 61.0 cm³/mol. The van der Waals surface area contributed by atoms with Crippen LogP contribution in [0.1, 0.15) is 13.8 Å². The highest BCUT2D eigenvalue weighted by Gasteiger charge is 2.12. The maximum Gasteiger partial charge on any atom is 0.225 e. The van der Waals surface area contributed by atoms with E-state index in [2.05, 4.69) is 13.2 Å². The minimum atomic E-state index is 0.0368. The number of nitrogens with zero attached hydrogens (tertiary/aromatic N) is 1. The van der Waals surface area contributed by atoms with Crippen molar-refractivity contribution >= 4 is 5.91 Å². The first-order valence-electron chi connectivity index (χ1n) is 4.72.